The average molecular weight is 631 g/mol. The van der Waals surface area contributed by atoms with E-state index in [1.165, 1.54) is 0 Å². The molecule has 2 aliphatic rings. The lowest BCUT2D eigenvalue weighted by Crippen LogP contribution is -2.42. The molecule has 1 unspecified atom stereocenters. The largest absolute Gasteiger partial charge is 0.489 e. The number of aryl methyl sites for hydroxylation is 3. The number of ketones is 1. The lowest BCUT2D eigenvalue weighted by molar-refractivity contribution is -0.118. The van der Waals surface area contributed by atoms with Crippen molar-refractivity contribution in [2.45, 2.75) is 60.0 Å². The number of carbonyl (C=O) groups excluding carboxylic acids is 1. The number of allylic oxidation sites excluding steroid dienone is 3. The van der Waals surface area contributed by atoms with Crippen molar-refractivity contribution in [2.24, 2.45) is 11.1 Å². The van der Waals surface area contributed by atoms with E-state index in [1.54, 1.807) is 0 Å². The van der Waals surface area contributed by atoms with Gasteiger partial charge in [0.25, 0.3) is 0 Å². The minimum absolute atomic E-state index is 0.0539. The van der Waals surface area contributed by atoms with Gasteiger partial charge in [0.15, 0.2) is 5.78 Å². The van der Waals surface area contributed by atoms with Gasteiger partial charge in [-0.2, -0.15) is 5.26 Å². The van der Waals surface area contributed by atoms with Crippen LogP contribution in [0.1, 0.15) is 60.4 Å². The number of halogens is 2. The number of nitrogens with two attached hydrogens (primary N) is 1. The molecule has 0 bridgehead atoms. The number of hydrogen-bond donors (Lipinski definition) is 1. The fraction of sp³-hybridized carbons (Fsp3) is 0.294. The summed E-state index contributed by atoms with van der Waals surface area (Å²) < 4.78 is 7.14. The summed E-state index contributed by atoms with van der Waals surface area (Å²) >= 11 is 9.64. The number of Topliss-reactive ketones (excluding diaryl/α,β-unsaturated/α-hetero) is 1. The van der Waals surface area contributed by atoms with Crippen molar-refractivity contribution in [3.63, 3.8) is 0 Å². The smallest absolute Gasteiger partial charge is 0.162 e. The highest BCUT2D eigenvalue weighted by atomic mass is 79.9. The first-order chi connectivity index (χ1) is 19.4. The first-order valence-electron chi connectivity index (χ1n) is 13.6. The molecule has 2 N–H and O–H groups in total. The van der Waals surface area contributed by atoms with Gasteiger partial charge in [0.2, 0.25) is 0 Å². The van der Waals surface area contributed by atoms with Crippen molar-refractivity contribution in [3.05, 3.63) is 115 Å². The number of benzene rings is 3. The predicted molar refractivity (Wildman–Crippen MR) is 168 cm³/mol. The lowest BCUT2D eigenvalue weighted by atomic mass is 9.68. The Bertz CT molecular complexity index is 1660. The van der Waals surface area contributed by atoms with Crippen molar-refractivity contribution >= 4 is 39.0 Å². The molecular weight excluding hydrogens is 598 g/mol. The topological polar surface area (TPSA) is 79.4 Å². The summed E-state index contributed by atoms with van der Waals surface area (Å²) in [5, 5.41) is 11.2. The van der Waals surface area contributed by atoms with Crippen LogP contribution >= 0.6 is 27.5 Å². The minimum atomic E-state index is -0.554. The standard InChI is InChI=1S/C34H33BrClN3O2/c1-19-12-20(2)26(14-22(19)18-41-30-11-8-24(36)13-21(30)3)31-27(17-37)33(38)39(25-9-6-23(35)7-10-25)28-15-34(4,5)16-29(40)32(28)31/h6-14,31H,15-16,18,38H2,1-5H3. The molecule has 1 aliphatic heterocycles. The monoisotopic (exact) mass is 629 g/mol. The van der Waals surface area contributed by atoms with Crippen LogP contribution in [0.15, 0.2) is 81.7 Å². The molecule has 3 aromatic rings. The first kappa shape index (κ1) is 29.0. The van der Waals surface area contributed by atoms with Gasteiger partial charge in [-0.25, -0.2) is 0 Å². The zero-order chi connectivity index (χ0) is 29.6. The number of carbonyl (C=O) groups is 1. The van der Waals surface area contributed by atoms with Crippen LogP contribution in [-0.2, 0) is 11.4 Å². The molecular formula is C34H33BrClN3O2. The summed E-state index contributed by atoms with van der Waals surface area (Å²) in [6.45, 7) is 10.6. The SMILES string of the molecule is Cc1cc(C)c(C2C(C#N)=C(N)N(c3ccc(Br)cc3)C3=C2C(=O)CC(C)(C)C3)cc1COc1ccc(Cl)cc1C. The second-order valence-corrected chi connectivity index (χ2v) is 13.1. The Morgan fingerprint density at radius 2 is 1.76 bits per heavy atom. The molecule has 1 heterocycles. The summed E-state index contributed by atoms with van der Waals surface area (Å²) in [5.74, 6) is 0.619. The van der Waals surface area contributed by atoms with Crippen LogP contribution in [0.25, 0.3) is 0 Å². The van der Waals surface area contributed by atoms with Gasteiger partial charge >= 0.3 is 0 Å². The van der Waals surface area contributed by atoms with Crippen molar-refractivity contribution in [1.29, 1.82) is 5.26 Å². The third kappa shape index (κ3) is 5.54. The van der Waals surface area contributed by atoms with Crippen LogP contribution in [0.4, 0.5) is 5.69 Å². The zero-order valence-corrected chi connectivity index (χ0v) is 26.3. The molecule has 0 spiro atoms. The Hall–Kier alpha value is -3.53. The number of nitrogens with zero attached hydrogens (tertiary/aromatic N) is 2. The maximum atomic E-state index is 14.0. The Balaban J connectivity index is 1.65. The molecule has 0 fully saturated rings. The van der Waals surface area contributed by atoms with E-state index in [0.29, 0.717) is 41.4 Å². The number of ether oxygens (including phenoxy) is 1. The molecule has 0 aromatic heterocycles. The van der Waals surface area contributed by atoms with E-state index in [9.17, 15) is 10.1 Å². The van der Waals surface area contributed by atoms with E-state index in [4.69, 9.17) is 22.1 Å². The second-order valence-electron chi connectivity index (χ2n) is 11.8. The highest BCUT2D eigenvalue weighted by Crippen LogP contribution is 2.51. The molecule has 3 aromatic carbocycles. The van der Waals surface area contributed by atoms with Gasteiger partial charge in [0, 0.05) is 32.9 Å². The van der Waals surface area contributed by atoms with Crippen molar-refractivity contribution in [3.8, 4) is 11.8 Å². The van der Waals surface area contributed by atoms with E-state index >= 15 is 0 Å². The van der Waals surface area contributed by atoms with Gasteiger partial charge in [-0.15, -0.1) is 0 Å². The van der Waals surface area contributed by atoms with Gasteiger partial charge in [0.05, 0.1) is 17.6 Å². The Labute approximate surface area is 255 Å². The molecule has 1 aliphatic carbocycles. The summed E-state index contributed by atoms with van der Waals surface area (Å²) in [4.78, 5) is 15.9. The minimum Gasteiger partial charge on any atom is -0.489 e. The maximum Gasteiger partial charge on any atom is 0.162 e. The quantitative estimate of drug-likeness (QED) is 0.306. The van der Waals surface area contributed by atoms with Gasteiger partial charge in [-0.1, -0.05) is 53.5 Å². The lowest BCUT2D eigenvalue weighted by Gasteiger charge is -2.44. The van der Waals surface area contributed by atoms with Crippen LogP contribution in [0.2, 0.25) is 5.02 Å². The van der Waals surface area contributed by atoms with E-state index in [2.05, 4.69) is 54.9 Å². The van der Waals surface area contributed by atoms with Crippen LogP contribution in [0.5, 0.6) is 5.75 Å². The van der Waals surface area contributed by atoms with E-state index in [0.717, 1.165) is 49.4 Å². The fourth-order valence-corrected chi connectivity index (χ4v) is 6.51. The number of nitriles is 1. The third-order valence-electron chi connectivity index (χ3n) is 8.02. The summed E-state index contributed by atoms with van der Waals surface area (Å²) in [6, 6.07) is 19.9. The van der Waals surface area contributed by atoms with Crippen LogP contribution in [0, 0.1) is 37.5 Å². The predicted octanol–water partition coefficient (Wildman–Crippen LogP) is 8.55. The van der Waals surface area contributed by atoms with Crippen molar-refractivity contribution in [1.82, 2.24) is 0 Å². The number of hydrogen-bond acceptors (Lipinski definition) is 5. The Morgan fingerprint density at radius 3 is 2.41 bits per heavy atom. The Morgan fingerprint density at radius 1 is 1.05 bits per heavy atom. The van der Waals surface area contributed by atoms with Gasteiger partial charge in [-0.3, -0.25) is 9.69 Å². The molecule has 1 atom stereocenters. The normalized spacial score (nSPS) is 18.3. The van der Waals surface area contributed by atoms with Gasteiger partial charge in [-0.05, 0) is 103 Å². The number of anilines is 1. The average Bonchev–Trinajstić information content (AvgIpc) is 2.89. The second kappa shape index (κ2) is 11.0. The van der Waals surface area contributed by atoms with E-state index in [-0.39, 0.29) is 11.2 Å². The molecule has 0 saturated carbocycles. The molecule has 0 saturated heterocycles. The summed E-state index contributed by atoms with van der Waals surface area (Å²) in [7, 11) is 0. The third-order valence-corrected chi connectivity index (χ3v) is 8.79. The number of rotatable bonds is 5. The fourth-order valence-electron chi connectivity index (χ4n) is 6.02. The van der Waals surface area contributed by atoms with Crippen LogP contribution in [0.3, 0.4) is 0 Å². The summed E-state index contributed by atoms with van der Waals surface area (Å²) in [6.07, 6.45) is 1.07. The molecule has 5 rings (SSSR count). The van der Waals surface area contributed by atoms with Crippen LogP contribution in [-0.4, -0.2) is 5.78 Å². The zero-order valence-electron chi connectivity index (χ0n) is 23.9. The summed E-state index contributed by atoms with van der Waals surface area (Å²) in [5.41, 5.74) is 14.2. The van der Waals surface area contributed by atoms with Gasteiger partial charge in [0.1, 0.15) is 18.2 Å². The highest BCUT2D eigenvalue weighted by molar-refractivity contribution is 9.10. The molecule has 7 heteroatoms. The first-order valence-corrected chi connectivity index (χ1v) is 14.8. The van der Waals surface area contributed by atoms with Crippen molar-refractivity contribution < 1.29 is 9.53 Å². The maximum absolute atomic E-state index is 14.0. The van der Waals surface area contributed by atoms with Gasteiger partial charge < -0.3 is 10.5 Å². The molecule has 210 valence electrons. The highest BCUT2D eigenvalue weighted by Gasteiger charge is 2.45. The van der Waals surface area contributed by atoms with Crippen LogP contribution < -0.4 is 15.4 Å². The van der Waals surface area contributed by atoms with Crippen molar-refractivity contribution in [2.75, 3.05) is 4.90 Å². The van der Waals surface area contributed by atoms with E-state index in [1.807, 2.05) is 61.2 Å². The molecule has 41 heavy (non-hydrogen) atoms. The molecule has 0 amide bonds. The molecule has 0 radical (unpaired) electrons. The van der Waals surface area contributed by atoms with E-state index < -0.39 is 5.92 Å². The molecule has 5 nitrogen and oxygen atoms in total. The Kier molecular flexibility index (Phi) is 7.80.